The smallest absolute Gasteiger partial charge is 0.261 e. The Balaban J connectivity index is 2.54. The van der Waals surface area contributed by atoms with Gasteiger partial charge < -0.3 is 10.3 Å². The van der Waals surface area contributed by atoms with Gasteiger partial charge in [0.05, 0.1) is 5.56 Å². The van der Waals surface area contributed by atoms with Crippen LogP contribution in [0.25, 0.3) is 0 Å². The average Bonchev–Trinajstić information content (AvgIpc) is 2.74. The SMILES string of the molecule is CCCCn1c2c(cc(C(=N)N)c1=O)CCC2. The van der Waals surface area contributed by atoms with Crippen molar-refractivity contribution >= 4 is 5.84 Å². The fraction of sp³-hybridized carbons (Fsp3) is 0.538. The number of nitrogens with one attached hydrogen (secondary N) is 1. The zero-order valence-electron chi connectivity index (χ0n) is 10.3. The number of pyridine rings is 1. The first-order valence-corrected chi connectivity index (χ1v) is 6.25. The van der Waals surface area contributed by atoms with Crippen molar-refractivity contribution in [3.8, 4) is 0 Å². The van der Waals surface area contributed by atoms with Gasteiger partial charge in [-0.25, -0.2) is 0 Å². The van der Waals surface area contributed by atoms with Gasteiger partial charge in [-0.1, -0.05) is 13.3 Å². The summed E-state index contributed by atoms with van der Waals surface area (Å²) in [5.74, 6) is -0.116. The van der Waals surface area contributed by atoms with Crippen LogP contribution in [-0.2, 0) is 19.4 Å². The average molecular weight is 233 g/mol. The Morgan fingerprint density at radius 1 is 1.53 bits per heavy atom. The molecule has 1 aromatic heterocycles. The molecule has 0 aliphatic heterocycles. The fourth-order valence-electron chi connectivity index (χ4n) is 2.46. The number of unbranched alkanes of at least 4 members (excludes halogenated alkanes) is 1. The summed E-state index contributed by atoms with van der Waals surface area (Å²) in [6.45, 7) is 2.86. The minimum absolute atomic E-state index is 0.0911. The van der Waals surface area contributed by atoms with E-state index in [9.17, 15) is 4.79 Å². The van der Waals surface area contributed by atoms with Crippen molar-refractivity contribution in [1.29, 1.82) is 5.41 Å². The van der Waals surface area contributed by atoms with Crippen molar-refractivity contribution in [3.63, 3.8) is 0 Å². The number of aromatic nitrogens is 1. The van der Waals surface area contributed by atoms with Gasteiger partial charge >= 0.3 is 0 Å². The molecule has 1 aliphatic rings. The van der Waals surface area contributed by atoms with Gasteiger partial charge in [-0.3, -0.25) is 10.2 Å². The van der Waals surface area contributed by atoms with Crippen molar-refractivity contribution in [2.24, 2.45) is 5.73 Å². The molecule has 1 heterocycles. The maximum absolute atomic E-state index is 12.2. The lowest BCUT2D eigenvalue weighted by Gasteiger charge is -2.13. The summed E-state index contributed by atoms with van der Waals surface area (Å²) >= 11 is 0. The van der Waals surface area contributed by atoms with Crippen LogP contribution in [0.15, 0.2) is 10.9 Å². The molecule has 0 fully saturated rings. The van der Waals surface area contributed by atoms with Gasteiger partial charge in [-0.2, -0.15) is 0 Å². The highest BCUT2D eigenvalue weighted by atomic mass is 16.1. The second-order valence-electron chi connectivity index (χ2n) is 4.61. The standard InChI is InChI=1S/C13H19N3O/c1-2-3-7-16-11-6-4-5-9(11)8-10(12(14)15)13(16)17/h8H,2-7H2,1H3,(H3,14,15). The van der Waals surface area contributed by atoms with Crippen molar-refractivity contribution in [1.82, 2.24) is 4.57 Å². The monoisotopic (exact) mass is 233 g/mol. The number of nitrogens with zero attached hydrogens (tertiary/aromatic N) is 1. The van der Waals surface area contributed by atoms with Gasteiger partial charge in [0, 0.05) is 12.2 Å². The Bertz CT molecular complexity index is 502. The van der Waals surface area contributed by atoms with E-state index in [1.54, 1.807) is 0 Å². The van der Waals surface area contributed by atoms with Crippen molar-refractivity contribution in [2.75, 3.05) is 0 Å². The fourth-order valence-corrected chi connectivity index (χ4v) is 2.46. The third-order valence-corrected chi connectivity index (χ3v) is 3.38. The van der Waals surface area contributed by atoms with Crippen LogP contribution in [0, 0.1) is 5.41 Å². The quantitative estimate of drug-likeness (QED) is 0.610. The molecule has 0 radical (unpaired) electrons. The van der Waals surface area contributed by atoms with Crippen LogP contribution in [0.2, 0.25) is 0 Å². The van der Waals surface area contributed by atoms with E-state index < -0.39 is 0 Å². The molecular formula is C13H19N3O. The van der Waals surface area contributed by atoms with Crippen LogP contribution in [0.4, 0.5) is 0 Å². The summed E-state index contributed by atoms with van der Waals surface area (Å²) in [5.41, 5.74) is 8.11. The van der Waals surface area contributed by atoms with Crippen LogP contribution in [-0.4, -0.2) is 10.4 Å². The van der Waals surface area contributed by atoms with Crippen LogP contribution < -0.4 is 11.3 Å². The molecule has 1 aromatic rings. The molecular weight excluding hydrogens is 214 g/mol. The summed E-state index contributed by atoms with van der Waals surface area (Å²) in [7, 11) is 0. The number of aryl methyl sites for hydroxylation is 1. The largest absolute Gasteiger partial charge is 0.384 e. The number of fused-ring (bicyclic) bond motifs is 1. The molecule has 0 unspecified atom stereocenters. The Labute approximate surface area is 101 Å². The van der Waals surface area contributed by atoms with Crippen LogP contribution in [0.1, 0.15) is 43.0 Å². The Morgan fingerprint density at radius 3 is 2.94 bits per heavy atom. The zero-order valence-corrected chi connectivity index (χ0v) is 10.3. The molecule has 4 nitrogen and oxygen atoms in total. The number of amidine groups is 1. The van der Waals surface area contributed by atoms with Crippen molar-refractivity contribution in [3.05, 3.63) is 33.2 Å². The summed E-state index contributed by atoms with van der Waals surface area (Å²) in [6, 6.07) is 1.81. The van der Waals surface area contributed by atoms with Crippen LogP contribution >= 0.6 is 0 Å². The number of nitrogen functional groups attached to an aromatic ring is 1. The van der Waals surface area contributed by atoms with Gasteiger partial charge in [0.1, 0.15) is 5.84 Å². The molecule has 0 aromatic carbocycles. The van der Waals surface area contributed by atoms with Crippen molar-refractivity contribution in [2.45, 2.75) is 45.6 Å². The molecule has 0 bridgehead atoms. The third kappa shape index (κ3) is 2.12. The lowest BCUT2D eigenvalue weighted by molar-refractivity contribution is 0.589. The highest BCUT2D eigenvalue weighted by molar-refractivity contribution is 5.94. The maximum atomic E-state index is 12.2. The second-order valence-corrected chi connectivity index (χ2v) is 4.61. The van der Waals surface area contributed by atoms with E-state index in [-0.39, 0.29) is 11.4 Å². The third-order valence-electron chi connectivity index (χ3n) is 3.38. The lowest BCUT2D eigenvalue weighted by atomic mass is 10.1. The van der Waals surface area contributed by atoms with Gasteiger partial charge in [0.2, 0.25) is 0 Å². The maximum Gasteiger partial charge on any atom is 0.261 e. The van der Waals surface area contributed by atoms with E-state index >= 15 is 0 Å². The Morgan fingerprint density at radius 2 is 2.29 bits per heavy atom. The van der Waals surface area contributed by atoms with Gasteiger partial charge in [0.25, 0.3) is 5.56 Å². The molecule has 0 amide bonds. The predicted molar refractivity (Wildman–Crippen MR) is 68.7 cm³/mol. The van der Waals surface area contributed by atoms with E-state index in [0.29, 0.717) is 5.56 Å². The molecule has 0 spiro atoms. The number of rotatable bonds is 4. The Hall–Kier alpha value is -1.58. The topological polar surface area (TPSA) is 71.9 Å². The van der Waals surface area contributed by atoms with Gasteiger partial charge in [-0.15, -0.1) is 0 Å². The highest BCUT2D eigenvalue weighted by Crippen LogP contribution is 2.21. The molecule has 1 aliphatic carbocycles. The predicted octanol–water partition coefficient (Wildman–Crippen LogP) is 1.42. The van der Waals surface area contributed by atoms with E-state index in [1.807, 2.05) is 10.6 Å². The molecule has 3 N–H and O–H groups in total. The first-order chi connectivity index (χ1) is 8.15. The number of nitrogens with two attached hydrogens (primary N) is 1. The molecule has 0 saturated carbocycles. The number of hydrogen-bond acceptors (Lipinski definition) is 2. The van der Waals surface area contributed by atoms with Crippen LogP contribution in [0.5, 0.6) is 0 Å². The highest BCUT2D eigenvalue weighted by Gasteiger charge is 2.19. The van der Waals surface area contributed by atoms with Gasteiger partial charge in [0.15, 0.2) is 0 Å². The first kappa shape index (κ1) is 11.9. The minimum atomic E-state index is -0.116. The van der Waals surface area contributed by atoms with E-state index in [1.165, 1.54) is 5.56 Å². The minimum Gasteiger partial charge on any atom is -0.384 e. The molecule has 0 saturated heterocycles. The van der Waals surface area contributed by atoms with E-state index in [2.05, 4.69) is 6.92 Å². The summed E-state index contributed by atoms with van der Waals surface area (Å²) in [4.78, 5) is 12.2. The van der Waals surface area contributed by atoms with Crippen LogP contribution in [0.3, 0.4) is 0 Å². The van der Waals surface area contributed by atoms with E-state index in [0.717, 1.165) is 44.3 Å². The molecule has 92 valence electrons. The molecule has 0 atom stereocenters. The first-order valence-electron chi connectivity index (χ1n) is 6.25. The summed E-state index contributed by atoms with van der Waals surface area (Å²) in [5, 5.41) is 7.48. The summed E-state index contributed by atoms with van der Waals surface area (Å²) in [6.07, 6.45) is 5.13. The molecule has 4 heteroatoms. The number of hydrogen-bond donors (Lipinski definition) is 2. The van der Waals surface area contributed by atoms with E-state index in [4.69, 9.17) is 11.1 Å². The molecule has 2 rings (SSSR count). The van der Waals surface area contributed by atoms with Crippen molar-refractivity contribution < 1.29 is 0 Å². The van der Waals surface area contributed by atoms with Gasteiger partial charge in [-0.05, 0) is 37.3 Å². The zero-order chi connectivity index (χ0) is 12.4. The molecule has 17 heavy (non-hydrogen) atoms. The second kappa shape index (κ2) is 4.73. The normalized spacial score (nSPS) is 13.7. The lowest BCUT2D eigenvalue weighted by Crippen LogP contribution is -2.31. The summed E-state index contributed by atoms with van der Waals surface area (Å²) < 4.78 is 1.84. The Kier molecular flexibility index (Phi) is 3.31.